The third-order valence-electron chi connectivity index (χ3n) is 4.59. The Balaban J connectivity index is 2.60. The summed E-state index contributed by atoms with van der Waals surface area (Å²) in [5.41, 5.74) is 0.807. The zero-order valence-electron chi connectivity index (χ0n) is 16.4. The van der Waals surface area contributed by atoms with Crippen LogP contribution in [-0.4, -0.2) is 48.9 Å². The minimum atomic E-state index is -1.01. The van der Waals surface area contributed by atoms with Crippen molar-refractivity contribution in [2.24, 2.45) is 0 Å². The summed E-state index contributed by atoms with van der Waals surface area (Å²) in [6.45, 7) is 4.31. The van der Waals surface area contributed by atoms with Gasteiger partial charge in [0.2, 0.25) is 0 Å². The van der Waals surface area contributed by atoms with E-state index >= 15 is 0 Å². The molecule has 0 aliphatic heterocycles. The second-order valence-electron chi connectivity index (χ2n) is 6.70. The van der Waals surface area contributed by atoms with E-state index in [1.807, 2.05) is 6.07 Å². The van der Waals surface area contributed by atoms with Crippen molar-refractivity contribution in [3.8, 4) is 11.5 Å². The molecule has 0 spiro atoms. The van der Waals surface area contributed by atoms with Crippen LogP contribution in [0.25, 0.3) is 0 Å². The van der Waals surface area contributed by atoms with E-state index in [-0.39, 0.29) is 6.04 Å². The monoisotopic (exact) mass is 377 g/mol. The number of ether oxygens (including phenoxy) is 3. The molecule has 0 aromatic heterocycles. The number of rotatable bonds is 6. The van der Waals surface area contributed by atoms with Crippen LogP contribution in [0.15, 0.2) is 24.3 Å². The average Bonchev–Trinajstić information content (AvgIpc) is 2.58. The van der Waals surface area contributed by atoms with Crippen LogP contribution in [0.2, 0.25) is 0 Å². The van der Waals surface area contributed by atoms with E-state index in [9.17, 15) is 14.7 Å². The standard InChI is InChI=1S/C20H27NO6/c1-12(22)8-9-20(27-14(3)24)11-16-15(10-18(20)21-4)6-7-17(19(16)25-5)26-13(2)23/h6-9,12,18,21-22H,10-11H2,1-5H3/b9-8-/t12?,18-,20+/m1/s1. The lowest BCUT2D eigenvalue weighted by Crippen LogP contribution is -2.56. The van der Waals surface area contributed by atoms with Crippen LogP contribution in [0, 0.1) is 0 Å². The summed E-state index contributed by atoms with van der Waals surface area (Å²) < 4.78 is 16.5. The molecule has 0 radical (unpaired) electrons. The minimum Gasteiger partial charge on any atom is -0.493 e. The van der Waals surface area contributed by atoms with Gasteiger partial charge in [0, 0.05) is 25.8 Å². The van der Waals surface area contributed by atoms with E-state index < -0.39 is 23.6 Å². The number of fused-ring (bicyclic) bond motifs is 1. The molecular formula is C20H27NO6. The zero-order valence-corrected chi connectivity index (χ0v) is 16.4. The van der Waals surface area contributed by atoms with Gasteiger partial charge in [0.05, 0.1) is 19.3 Å². The van der Waals surface area contributed by atoms with Crippen molar-refractivity contribution < 1.29 is 28.9 Å². The van der Waals surface area contributed by atoms with E-state index in [0.717, 1.165) is 11.1 Å². The number of likely N-dealkylation sites (N-methyl/N-ethyl adjacent to an activating group) is 1. The molecule has 27 heavy (non-hydrogen) atoms. The fourth-order valence-electron chi connectivity index (χ4n) is 3.52. The fourth-order valence-corrected chi connectivity index (χ4v) is 3.52. The van der Waals surface area contributed by atoms with Gasteiger partial charge < -0.3 is 24.6 Å². The third-order valence-corrected chi connectivity index (χ3v) is 4.59. The minimum absolute atomic E-state index is 0.201. The molecule has 7 nitrogen and oxygen atoms in total. The molecule has 7 heteroatoms. The van der Waals surface area contributed by atoms with E-state index in [4.69, 9.17) is 14.2 Å². The molecule has 0 fully saturated rings. The fraction of sp³-hybridized carbons (Fsp3) is 0.500. The van der Waals surface area contributed by atoms with Gasteiger partial charge in [-0.3, -0.25) is 9.59 Å². The topological polar surface area (TPSA) is 94.1 Å². The quantitative estimate of drug-likeness (QED) is 0.441. The van der Waals surface area contributed by atoms with Gasteiger partial charge in [0.15, 0.2) is 11.5 Å². The summed E-state index contributed by atoms with van der Waals surface area (Å²) >= 11 is 0. The molecule has 1 aliphatic carbocycles. The molecule has 0 amide bonds. The summed E-state index contributed by atoms with van der Waals surface area (Å²) in [7, 11) is 3.31. The molecule has 2 N–H and O–H groups in total. The molecular weight excluding hydrogens is 350 g/mol. The highest BCUT2D eigenvalue weighted by Gasteiger charge is 2.44. The molecule has 148 valence electrons. The van der Waals surface area contributed by atoms with Crippen LogP contribution in [0.4, 0.5) is 0 Å². The Morgan fingerprint density at radius 3 is 2.56 bits per heavy atom. The Hall–Kier alpha value is -2.38. The number of aliphatic hydroxyl groups is 1. The highest BCUT2D eigenvalue weighted by atomic mass is 16.6. The summed E-state index contributed by atoms with van der Waals surface area (Å²) in [6, 6.07) is 3.39. The van der Waals surface area contributed by atoms with Crippen molar-refractivity contribution in [3.05, 3.63) is 35.4 Å². The number of esters is 2. The van der Waals surface area contributed by atoms with Gasteiger partial charge in [-0.2, -0.15) is 0 Å². The Morgan fingerprint density at radius 2 is 2.04 bits per heavy atom. The van der Waals surface area contributed by atoms with Crippen LogP contribution in [0.5, 0.6) is 11.5 Å². The number of aliphatic hydroxyl groups excluding tert-OH is 1. The van der Waals surface area contributed by atoms with E-state index in [2.05, 4.69) is 5.32 Å². The molecule has 0 saturated heterocycles. The Bertz CT molecular complexity index is 742. The van der Waals surface area contributed by atoms with Gasteiger partial charge in [-0.25, -0.2) is 0 Å². The van der Waals surface area contributed by atoms with E-state index in [1.54, 1.807) is 32.2 Å². The van der Waals surface area contributed by atoms with E-state index in [1.165, 1.54) is 21.0 Å². The summed E-state index contributed by atoms with van der Waals surface area (Å²) in [6.07, 6.45) is 3.52. The predicted molar refractivity (Wildman–Crippen MR) is 99.9 cm³/mol. The predicted octanol–water partition coefficient (Wildman–Crippen LogP) is 1.55. The third kappa shape index (κ3) is 4.67. The Morgan fingerprint density at radius 1 is 1.33 bits per heavy atom. The van der Waals surface area contributed by atoms with Gasteiger partial charge in [-0.1, -0.05) is 12.1 Å². The average molecular weight is 377 g/mol. The van der Waals surface area contributed by atoms with Crippen LogP contribution >= 0.6 is 0 Å². The number of hydrogen-bond acceptors (Lipinski definition) is 7. The van der Waals surface area contributed by atoms with Gasteiger partial charge in [0.1, 0.15) is 5.60 Å². The summed E-state index contributed by atoms with van der Waals surface area (Å²) in [4.78, 5) is 23.3. The largest absolute Gasteiger partial charge is 0.493 e. The summed E-state index contributed by atoms with van der Waals surface area (Å²) in [5, 5.41) is 12.9. The van der Waals surface area contributed by atoms with Crippen molar-refractivity contribution in [2.45, 2.75) is 51.4 Å². The van der Waals surface area contributed by atoms with Crippen molar-refractivity contribution in [3.63, 3.8) is 0 Å². The smallest absolute Gasteiger partial charge is 0.308 e. The van der Waals surface area contributed by atoms with Crippen LogP contribution < -0.4 is 14.8 Å². The Kier molecular flexibility index (Phi) is 6.62. The molecule has 1 unspecified atom stereocenters. The van der Waals surface area contributed by atoms with E-state index in [0.29, 0.717) is 24.3 Å². The first-order chi connectivity index (χ1) is 12.7. The van der Waals surface area contributed by atoms with Crippen molar-refractivity contribution >= 4 is 11.9 Å². The van der Waals surface area contributed by atoms with Crippen molar-refractivity contribution in [2.75, 3.05) is 14.2 Å². The number of nitrogens with one attached hydrogen (secondary N) is 1. The highest BCUT2D eigenvalue weighted by molar-refractivity contribution is 5.71. The lowest BCUT2D eigenvalue weighted by molar-refractivity contribution is -0.155. The molecule has 0 bridgehead atoms. The van der Waals surface area contributed by atoms with Gasteiger partial charge >= 0.3 is 11.9 Å². The SMILES string of the molecule is CN[C@@H]1Cc2ccc(OC(C)=O)c(OC)c2C[C@]1(/C=C\C(C)O)OC(C)=O. The molecule has 3 atom stereocenters. The maximum atomic E-state index is 11.9. The second-order valence-corrected chi connectivity index (χ2v) is 6.70. The maximum absolute atomic E-state index is 11.9. The number of methoxy groups -OCH3 is 1. The molecule has 0 saturated carbocycles. The first-order valence-electron chi connectivity index (χ1n) is 8.83. The molecule has 1 aliphatic rings. The highest BCUT2D eigenvalue weighted by Crippen LogP contribution is 2.42. The first kappa shape index (κ1) is 20.9. The first-order valence-corrected chi connectivity index (χ1v) is 8.83. The van der Waals surface area contributed by atoms with Gasteiger partial charge in [0.25, 0.3) is 0 Å². The van der Waals surface area contributed by atoms with Crippen molar-refractivity contribution in [1.29, 1.82) is 0 Å². The molecule has 0 heterocycles. The van der Waals surface area contributed by atoms with Crippen molar-refractivity contribution in [1.82, 2.24) is 5.32 Å². The lowest BCUT2D eigenvalue weighted by atomic mass is 9.75. The number of hydrogen-bond donors (Lipinski definition) is 2. The van der Waals surface area contributed by atoms with Crippen LogP contribution in [0.3, 0.4) is 0 Å². The Labute approximate surface area is 159 Å². The zero-order chi connectivity index (χ0) is 20.2. The second kappa shape index (κ2) is 8.54. The molecule has 1 aromatic rings. The number of benzene rings is 1. The molecule has 1 aromatic carbocycles. The molecule has 2 rings (SSSR count). The number of carbonyl (C=O) groups excluding carboxylic acids is 2. The normalized spacial score (nSPS) is 22.8. The number of carbonyl (C=O) groups is 2. The van der Waals surface area contributed by atoms with Gasteiger partial charge in [-0.05, 0) is 38.1 Å². The summed E-state index contributed by atoms with van der Waals surface area (Å²) in [5.74, 6) is -0.108. The van der Waals surface area contributed by atoms with Crippen LogP contribution in [0.1, 0.15) is 31.9 Å². The van der Waals surface area contributed by atoms with Gasteiger partial charge in [-0.15, -0.1) is 0 Å². The maximum Gasteiger partial charge on any atom is 0.308 e. The lowest BCUT2D eigenvalue weighted by Gasteiger charge is -2.42. The van der Waals surface area contributed by atoms with Crippen LogP contribution in [-0.2, 0) is 27.2 Å².